The topological polar surface area (TPSA) is 73.3 Å². The summed E-state index contributed by atoms with van der Waals surface area (Å²) in [6.07, 6.45) is 3.32. The van der Waals surface area contributed by atoms with Crippen LogP contribution in [0.25, 0.3) is 6.08 Å². The van der Waals surface area contributed by atoms with Gasteiger partial charge in [-0.3, -0.25) is 4.98 Å². The van der Waals surface area contributed by atoms with Crippen molar-refractivity contribution in [1.29, 1.82) is 0 Å². The van der Waals surface area contributed by atoms with E-state index in [1.54, 1.807) is 0 Å². The van der Waals surface area contributed by atoms with Crippen molar-refractivity contribution in [3.8, 4) is 0 Å². The molecule has 3 rings (SSSR count). The third kappa shape index (κ3) is 5.00. The summed E-state index contributed by atoms with van der Waals surface area (Å²) >= 11 is 5.81. The molecule has 1 heterocycles. The van der Waals surface area contributed by atoms with Gasteiger partial charge in [0.05, 0.1) is 17.7 Å². The van der Waals surface area contributed by atoms with Gasteiger partial charge >= 0.3 is 5.97 Å². The van der Waals surface area contributed by atoms with Crippen LogP contribution < -0.4 is 0 Å². The molecule has 1 aromatic heterocycles. The van der Waals surface area contributed by atoms with Crippen LogP contribution in [-0.4, -0.2) is 26.5 Å². The van der Waals surface area contributed by atoms with Crippen LogP contribution in [0.1, 0.15) is 22.1 Å². The van der Waals surface area contributed by atoms with Gasteiger partial charge in [-0.1, -0.05) is 11.6 Å². The van der Waals surface area contributed by atoms with E-state index in [1.807, 2.05) is 0 Å². The Balaban J connectivity index is 2.20. The minimum atomic E-state index is -4.49. The van der Waals surface area contributed by atoms with Crippen LogP contribution >= 0.6 is 11.6 Å². The predicted molar refractivity (Wildman–Crippen MR) is 112 cm³/mol. The zero-order valence-electron chi connectivity index (χ0n) is 16.4. The predicted octanol–water partition coefficient (Wildman–Crippen LogP) is 4.90. The average molecular weight is 482 g/mol. The SMILES string of the molecule is COC(=O)/C=C/c1cnc(C(c2cc(F)ccc2F)S(=O)(=O)c2ccc(Cl)cc2)c(F)c1. The van der Waals surface area contributed by atoms with E-state index in [2.05, 4.69) is 9.72 Å². The number of rotatable bonds is 6. The van der Waals surface area contributed by atoms with Crippen molar-refractivity contribution in [2.75, 3.05) is 7.11 Å². The highest BCUT2D eigenvalue weighted by Crippen LogP contribution is 2.37. The molecule has 0 aliphatic carbocycles. The molecule has 0 aliphatic rings. The number of sulfone groups is 1. The van der Waals surface area contributed by atoms with E-state index in [0.717, 1.165) is 37.6 Å². The third-order valence-electron chi connectivity index (χ3n) is 4.45. The number of nitrogens with zero attached hydrogens (tertiary/aromatic N) is 1. The monoisotopic (exact) mass is 481 g/mol. The van der Waals surface area contributed by atoms with E-state index in [1.165, 1.54) is 30.3 Å². The second-order valence-corrected chi connectivity index (χ2v) is 9.01. The second-order valence-electron chi connectivity index (χ2n) is 6.54. The maximum absolute atomic E-state index is 15.0. The Bertz CT molecular complexity index is 1300. The molecule has 1 atom stereocenters. The van der Waals surface area contributed by atoms with Crippen molar-refractivity contribution < 1.29 is 31.1 Å². The van der Waals surface area contributed by atoms with E-state index in [4.69, 9.17) is 11.6 Å². The van der Waals surface area contributed by atoms with Crippen LogP contribution in [0.3, 0.4) is 0 Å². The fourth-order valence-corrected chi connectivity index (χ4v) is 4.81. The van der Waals surface area contributed by atoms with Gasteiger partial charge in [-0.2, -0.15) is 0 Å². The average Bonchev–Trinajstić information content (AvgIpc) is 2.76. The number of carbonyl (C=O) groups is 1. The van der Waals surface area contributed by atoms with Crippen molar-refractivity contribution in [2.24, 2.45) is 0 Å². The number of pyridine rings is 1. The van der Waals surface area contributed by atoms with E-state index >= 15 is 4.39 Å². The van der Waals surface area contributed by atoms with Gasteiger partial charge in [-0.15, -0.1) is 0 Å². The lowest BCUT2D eigenvalue weighted by molar-refractivity contribution is -0.134. The molecular weight excluding hydrogens is 467 g/mol. The highest BCUT2D eigenvalue weighted by Gasteiger charge is 2.36. The molecule has 0 amide bonds. The number of benzene rings is 2. The number of carbonyl (C=O) groups excluding carboxylic acids is 1. The molecule has 0 saturated heterocycles. The maximum Gasteiger partial charge on any atom is 0.330 e. The molecule has 1 unspecified atom stereocenters. The van der Waals surface area contributed by atoms with Crippen molar-refractivity contribution in [2.45, 2.75) is 10.1 Å². The number of esters is 1. The highest BCUT2D eigenvalue weighted by atomic mass is 35.5. The molecule has 166 valence electrons. The van der Waals surface area contributed by atoms with Crippen molar-refractivity contribution in [3.05, 3.63) is 100 Å². The van der Waals surface area contributed by atoms with Gasteiger partial charge in [0.1, 0.15) is 22.7 Å². The van der Waals surface area contributed by atoms with Gasteiger partial charge in [0.15, 0.2) is 9.84 Å². The van der Waals surface area contributed by atoms with Gasteiger partial charge in [0.2, 0.25) is 0 Å². The Morgan fingerprint density at radius 1 is 1.06 bits per heavy atom. The molecule has 0 saturated carbocycles. The van der Waals surface area contributed by atoms with Crippen LogP contribution in [-0.2, 0) is 19.4 Å². The first-order valence-corrected chi connectivity index (χ1v) is 10.9. The van der Waals surface area contributed by atoms with Crippen LogP contribution in [0.15, 0.2) is 65.7 Å². The first-order chi connectivity index (χ1) is 15.1. The molecule has 0 bridgehead atoms. The number of aromatic nitrogens is 1. The van der Waals surface area contributed by atoms with Crippen LogP contribution in [0.4, 0.5) is 13.2 Å². The van der Waals surface area contributed by atoms with Crippen LogP contribution in [0.2, 0.25) is 5.02 Å². The Labute approximate surface area is 187 Å². The number of ether oxygens (including phenoxy) is 1. The van der Waals surface area contributed by atoms with E-state index in [-0.39, 0.29) is 15.5 Å². The highest BCUT2D eigenvalue weighted by molar-refractivity contribution is 7.91. The van der Waals surface area contributed by atoms with Gasteiger partial charge in [0, 0.05) is 22.9 Å². The van der Waals surface area contributed by atoms with Gasteiger partial charge < -0.3 is 4.74 Å². The first kappa shape index (κ1) is 23.5. The minimum absolute atomic E-state index is 0.124. The first-order valence-electron chi connectivity index (χ1n) is 8.99. The molecular formula is C22H15ClF3NO4S. The van der Waals surface area contributed by atoms with Crippen LogP contribution in [0, 0.1) is 17.5 Å². The zero-order chi connectivity index (χ0) is 23.5. The second kappa shape index (κ2) is 9.54. The van der Waals surface area contributed by atoms with Gasteiger partial charge in [-0.25, -0.2) is 26.4 Å². The Morgan fingerprint density at radius 2 is 1.75 bits per heavy atom. The Hall–Kier alpha value is -3.17. The summed E-state index contributed by atoms with van der Waals surface area (Å²) in [6, 6.07) is 8.12. The normalized spacial score (nSPS) is 12.7. The summed E-state index contributed by atoms with van der Waals surface area (Å²) in [5.74, 6) is -3.75. The van der Waals surface area contributed by atoms with Crippen molar-refractivity contribution in [1.82, 2.24) is 4.98 Å². The number of hydrogen-bond donors (Lipinski definition) is 0. The standard InChI is InChI=1S/C22H15ClF3NO4S/c1-31-20(28)9-2-13-10-19(26)21(27-12-13)22(17-11-15(24)5-8-18(17)25)32(29,30)16-6-3-14(23)4-7-16/h2-12,22H,1H3/b9-2+. The van der Waals surface area contributed by atoms with Gasteiger partial charge in [0.25, 0.3) is 0 Å². The number of halogens is 4. The lowest BCUT2D eigenvalue weighted by atomic mass is 10.1. The van der Waals surface area contributed by atoms with Crippen LogP contribution in [0.5, 0.6) is 0 Å². The Kier molecular flexibility index (Phi) is 7.00. The molecule has 5 nitrogen and oxygen atoms in total. The van der Waals surface area contributed by atoms with Gasteiger partial charge in [-0.05, 0) is 60.2 Å². The molecule has 0 fully saturated rings. The smallest absolute Gasteiger partial charge is 0.330 e. The fraction of sp³-hybridized carbons (Fsp3) is 0.0909. The molecule has 3 aromatic rings. The fourth-order valence-electron chi connectivity index (χ4n) is 2.92. The molecule has 2 aromatic carbocycles. The van der Waals surface area contributed by atoms with E-state index < -0.39 is 49.8 Å². The third-order valence-corrected chi connectivity index (χ3v) is 6.72. The van der Waals surface area contributed by atoms with Crippen molar-refractivity contribution in [3.63, 3.8) is 0 Å². The summed E-state index contributed by atoms with van der Waals surface area (Å²) in [5.41, 5.74) is -1.12. The van der Waals surface area contributed by atoms with E-state index in [9.17, 15) is 22.0 Å². The number of methoxy groups -OCH3 is 1. The zero-order valence-corrected chi connectivity index (χ0v) is 18.0. The molecule has 0 N–H and O–H groups in total. The summed E-state index contributed by atoms with van der Waals surface area (Å²) in [7, 11) is -3.33. The lowest BCUT2D eigenvalue weighted by Gasteiger charge is -2.19. The number of hydrogen-bond acceptors (Lipinski definition) is 5. The van der Waals surface area contributed by atoms with E-state index in [0.29, 0.717) is 6.07 Å². The molecule has 10 heteroatoms. The Morgan fingerprint density at radius 3 is 2.38 bits per heavy atom. The maximum atomic E-state index is 15.0. The summed E-state index contributed by atoms with van der Waals surface area (Å²) in [5, 5.41) is -1.73. The summed E-state index contributed by atoms with van der Waals surface area (Å²) in [6.45, 7) is 0. The van der Waals surface area contributed by atoms with Crippen molar-refractivity contribution >= 4 is 33.5 Å². The minimum Gasteiger partial charge on any atom is -0.466 e. The summed E-state index contributed by atoms with van der Waals surface area (Å²) < 4.78 is 74.7. The largest absolute Gasteiger partial charge is 0.466 e. The molecule has 0 radical (unpaired) electrons. The molecule has 0 aliphatic heterocycles. The lowest BCUT2D eigenvalue weighted by Crippen LogP contribution is -2.19. The molecule has 32 heavy (non-hydrogen) atoms. The molecule has 0 spiro atoms. The quantitative estimate of drug-likeness (QED) is 0.370. The summed E-state index contributed by atoms with van der Waals surface area (Å²) in [4.78, 5) is 14.8.